The van der Waals surface area contributed by atoms with Crippen molar-refractivity contribution in [3.05, 3.63) is 41.7 Å². The Hall–Kier alpha value is -1.81. The van der Waals surface area contributed by atoms with Crippen LogP contribution in [0.2, 0.25) is 0 Å². The van der Waals surface area contributed by atoms with E-state index in [0.717, 1.165) is 17.8 Å². The first-order chi connectivity index (χ1) is 7.76. The molecule has 2 rings (SSSR count). The van der Waals surface area contributed by atoms with Crippen LogP contribution in [0.15, 0.2) is 30.3 Å². The number of hydrogen-bond acceptors (Lipinski definition) is 3. The average molecular weight is 217 g/mol. The van der Waals surface area contributed by atoms with Crippen LogP contribution in [0.25, 0.3) is 5.69 Å². The summed E-state index contributed by atoms with van der Waals surface area (Å²) in [6.45, 7) is 2.46. The first-order valence-corrected chi connectivity index (χ1v) is 5.32. The number of benzene rings is 1. The minimum atomic E-state index is 0.226. The Balaban J connectivity index is 2.54. The van der Waals surface area contributed by atoms with Crippen molar-refractivity contribution in [2.75, 3.05) is 0 Å². The molecule has 0 saturated heterocycles. The summed E-state index contributed by atoms with van der Waals surface area (Å²) in [5.74, 6) is 0.226. The van der Waals surface area contributed by atoms with Gasteiger partial charge in [0.2, 0.25) is 0 Å². The summed E-state index contributed by atoms with van der Waals surface area (Å²) < 4.78 is 1.75. The molecule has 0 spiro atoms. The van der Waals surface area contributed by atoms with Crippen LogP contribution in [0, 0.1) is 0 Å². The molecule has 3 N–H and O–H groups in total. The Morgan fingerprint density at radius 1 is 1.38 bits per heavy atom. The number of phenolic OH excluding ortho intramolecular Hbond substituents is 1. The van der Waals surface area contributed by atoms with Crippen LogP contribution in [-0.2, 0) is 13.0 Å². The highest BCUT2D eigenvalue weighted by Crippen LogP contribution is 2.22. The summed E-state index contributed by atoms with van der Waals surface area (Å²) in [5.41, 5.74) is 8.14. The van der Waals surface area contributed by atoms with E-state index in [4.69, 9.17) is 5.73 Å². The van der Waals surface area contributed by atoms with E-state index in [1.165, 1.54) is 0 Å². The lowest BCUT2D eigenvalue weighted by molar-refractivity contribution is 0.469. The van der Waals surface area contributed by atoms with Crippen LogP contribution in [0.1, 0.15) is 18.3 Å². The van der Waals surface area contributed by atoms with Crippen molar-refractivity contribution in [3.8, 4) is 11.4 Å². The van der Waals surface area contributed by atoms with Gasteiger partial charge in [0.05, 0.1) is 5.69 Å². The van der Waals surface area contributed by atoms with Crippen molar-refractivity contribution in [2.24, 2.45) is 5.73 Å². The van der Waals surface area contributed by atoms with Crippen LogP contribution in [0.4, 0.5) is 0 Å². The van der Waals surface area contributed by atoms with E-state index >= 15 is 0 Å². The molecule has 0 radical (unpaired) electrons. The Morgan fingerprint density at radius 3 is 2.75 bits per heavy atom. The van der Waals surface area contributed by atoms with E-state index in [1.807, 2.05) is 25.1 Å². The zero-order valence-electron chi connectivity index (χ0n) is 9.22. The third kappa shape index (κ3) is 1.79. The Morgan fingerprint density at radius 2 is 2.12 bits per heavy atom. The highest BCUT2D eigenvalue weighted by atomic mass is 16.3. The molecule has 0 unspecified atom stereocenters. The molecule has 0 saturated carbocycles. The van der Waals surface area contributed by atoms with Crippen molar-refractivity contribution in [3.63, 3.8) is 0 Å². The summed E-state index contributed by atoms with van der Waals surface area (Å²) in [7, 11) is 0. The molecule has 1 aromatic heterocycles. The number of aromatic nitrogens is 2. The Kier molecular flexibility index (Phi) is 2.92. The number of nitrogens with two attached hydrogens (primary N) is 1. The number of para-hydroxylation sites is 2. The second-order valence-corrected chi connectivity index (χ2v) is 3.59. The van der Waals surface area contributed by atoms with E-state index in [9.17, 15) is 5.11 Å². The van der Waals surface area contributed by atoms with Gasteiger partial charge in [-0.2, -0.15) is 5.10 Å². The van der Waals surface area contributed by atoms with Gasteiger partial charge in [-0.3, -0.25) is 0 Å². The van der Waals surface area contributed by atoms with Gasteiger partial charge in [-0.05, 0) is 24.6 Å². The first-order valence-electron chi connectivity index (χ1n) is 5.32. The van der Waals surface area contributed by atoms with Gasteiger partial charge >= 0.3 is 0 Å². The Labute approximate surface area is 94.3 Å². The fraction of sp³-hybridized carbons (Fsp3) is 0.250. The number of aryl methyl sites for hydroxylation is 1. The van der Waals surface area contributed by atoms with E-state index in [0.29, 0.717) is 12.2 Å². The number of nitrogens with zero attached hydrogens (tertiary/aromatic N) is 2. The van der Waals surface area contributed by atoms with Crippen LogP contribution in [0.5, 0.6) is 5.75 Å². The molecule has 4 heteroatoms. The topological polar surface area (TPSA) is 64.1 Å². The molecular weight excluding hydrogens is 202 g/mol. The first kappa shape index (κ1) is 10.7. The highest BCUT2D eigenvalue weighted by Gasteiger charge is 2.09. The van der Waals surface area contributed by atoms with E-state index in [1.54, 1.807) is 16.8 Å². The molecule has 0 atom stereocenters. The third-order valence-electron chi connectivity index (χ3n) is 2.52. The lowest BCUT2D eigenvalue weighted by Crippen LogP contribution is -2.03. The molecule has 0 fully saturated rings. The zero-order chi connectivity index (χ0) is 11.5. The standard InChI is InChI=1S/C12H15N3O/c1-2-10-7-9(8-13)14-15(10)11-5-3-4-6-12(11)16/h3-7,16H,2,8,13H2,1H3. The number of aromatic hydroxyl groups is 1. The quantitative estimate of drug-likeness (QED) is 0.820. The molecule has 0 aliphatic heterocycles. The second-order valence-electron chi connectivity index (χ2n) is 3.59. The van der Waals surface area contributed by atoms with Gasteiger partial charge in [0.15, 0.2) is 0 Å². The molecule has 0 amide bonds. The van der Waals surface area contributed by atoms with Gasteiger partial charge in [0.1, 0.15) is 11.4 Å². The maximum atomic E-state index is 9.77. The van der Waals surface area contributed by atoms with Crippen molar-refractivity contribution in [2.45, 2.75) is 19.9 Å². The van der Waals surface area contributed by atoms with Crippen molar-refractivity contribution >= 4 is 0 Å². The molecule has 0 aliphatic rings. The summed E-state index contributed by atoms with van der Waals surface area (Å²) in [5, 5.41) is 14.1. The van der Waals surface area contributed by atoms with Crippen LogP contribution >= 0.6 is 0 Å². The molecule has 2 aromatic rings. The fourth-order valence-corrected chi connectivity index (χ4v) is 1.68. The molecule has 84 valence electrons. The van der Waals surface area contributed by atoms with Gasteiger partial charge in [0, 0.05) is 12.2 Å². The predicted molar refractivity (Wildman–Crippen MR) is 62.5 cm³/mol. The maximum Gasteiger partial charge on any atom is 0.141 e. The summed E-state index contributed by atoms with van der Waals surface area (Å²) in [6, 6.07) is 9.11. The molecule has 1 aromatic carbocycles. The largest absolute Gasteiger partial charge is 0.506 e. The number of rotatable bonds is 3. The van der Waals surface area contributed by atoms with Crippen molar-refractivity contribution in [1.82, 2.24) is 9.78 Å². The molecule has 0 bridgehead atoms. The van der Waals surface area contributed by atoms with Gasteiger partial charge in [-0.1, -0.05) is 19.1 Å². The van der Waals surface area contributed by atoms with Crippen LogP contribution in [-0.4, -0.2) is 14.9 Å². The second kappa shape index (κ2) is 4.37. The lowest BCUT2D eigenvalue weighted by Gasteiger charge is -2.07. The van der Waals surface area contributed by atoms with Crippen molar-refractivity contribution < 1.29 is 5.11 Å². The van der Waals surface area contributed by atoms with Crippen LogP contribution in [0.3, 0.4) is 0 Å². The Bertz CT molecular complexity index is 491. The predicted octanol–water partition coefficient (Wildman–Crippen LogP) is 1.60. The highest BCUT2D eigenvalue weighted by molar-refractivity contribution is 5.46. The molecule has 16 heavy (non-hydrogen) atoms. The van der Waals surface area contributed by atoms with E-state index in [2.05, 4.69) is 5.10 Å². The van der Waals surface area contributed by atoms with E-state index in [-0.39, 0.29) is 5.75 Å². The average Bonchev–Trinajstić information content (AvgIpc) is 2.72. The van der Waals surface area contributed by atoms with Gasteiger partial charge < -0.3 is 10.8 Å². The minimum Gasteiger partial charge on any atom is -0.506 e. The minimum absolute atomic E-state index is 0.226. The van der Waals surface area contributed by atoms with Gasteiger partial charge in [0.25, 0.3) is 0 Å². The van der Waals surface area contributed by atoms with Gasteiger partial charge in [-0.15, -0.1) is 0 Å². The molecule has 0 aliphatic carbocycles. The number of phenols is 1. The molecular formula is C12H15N3O. The summed E-state index contributed by atoms with van der Waals surface area (Å²) >= 11 is 0. The summed E-state index contributed by atoms with van der Waals surface area (Å²) in [4.78, 5) is 0. The fourth-order valence-electron chi connectivity index (χ4n) is 1.68. The normalized spacial score (nSPS) is 10.6. The van der Waals surface area contributed by atoms with Gasteiger partial charge in [-0.25, -0.2) is 4.68 Å². The molecule has 4 nitrogen and oxygen atoms in total. The zero-order valence-corrected chi connectivity index (χ0v) is 9.22. The third-order valence-corrected chi connectivity index (χ3v) is 2.52. The molecule has 1 heterocycles. The van der Waals surface area contributed by atoms with Crippen LogP contribution < -0.4 is 5.73 Å². The lowest BCUT2D eigenvalue weighted by atomic mass is 10.2. The smallest absolute Gasteiger partial charge is 0.141 e. The van der Waals surface area contributed by atoms with E-state index < -0.39 is 0 Å². The summed E-state index contributed by atoms with van der Waals surface area (Å²) in [6.07, 6.45) is 0.849. The monoisotopic (exact) mass is 217 g/mol. The number of hydrogen-bond donors (Lipinski definition) is 2. The SMILES string of the molecule is CCc1cc(CN)nn1-c1ccccc1O. The maximum absolute atomic E-state index is 9.77. The van der Waals surface area contributed by atoms with Crippen molar-refractivity contribution in [1.29, 1.82) is 0 Å².